The molecule has 1 saturated carbocycles. The number of hydrogen-bond acceptors (Lipinski definition) is 4. The number of hydrogen-bond donors (Lipinski definition) is 2. The summed E-state index contributed by atoms with van der Waals surface area (Å²) in [5, 5.41) is 3.18. The van der Waals surface area contributed by atoms with Gasteiger partial charge >= 0.3 is 0 Å². The van der Waals surface area contributed by atoms with Gasteiger partial charge in [-0.3, -0.25) is 9.59 Å². The Hall–Kier alpha value is -1.77. The summed E-state index contributed by atoms with van der Waals surface area (Å²) in [6.45, 7) is 6.04. The summed E-state index contributed by atoms with van der Waals surface area (Å²) >= 11 is 0. The number of ketones is 1. The first kappa shape index (κ1) is 21.9. The van der Waals surface area contributed by atoms with Crippen LogP contribution < -0.4 is 10.2 Å². The number of piperazine rings is 1. The molecule has 1 amide bonds. The van der Waals surface area contributed by atoms with Gasteiger partial charge in [0.05, 0.1) is 31.1 Å². The summed E-state index contributed by atoms with van der Waals surface area (Å²) < 4.78 is 27.2. The van der Waals surface area contributed by atoms with E-state index in [0.717, 1.165) is 11.3 Å². The lowest BCUT2D eigenvalue weighted by atomic mass is 9.86. The van der Waals surface area contributed by atoms with Gasteiger partial charge in [0.15, 0.2) is 12.3 Å². The largest absolute Gasteiger partial charge is 0.348 e. The standard InChI is InChI=1S/C21H31N3O4S/c1-16-5-3-4-6-20(16)22-21(26)15-23-11-13-24(14-12-23)29(27,28)19-9-7-18(8-10-19)17(2)25/h7-10,16,20H,3-6,11-15H2,1-2H3,(H,22,26)/p+1/t16-,20+/m1/s1. The quantitative estimate of drug-likeness (QED) is 0.653. The average Bonchev–Trinajstić information content (AvgIpc) is 2.70. The number of benzene rings is 1. The van der Waals surface area contributed by atoms with Gasteiger partial charge in [0.25, 0.3) is 5.91 Å². The van der Waals surface area contributed by atoms with Crippen LogP contribution in [-0.2, 0) is 14.8 Å². The molecular formula is C21H32N3O4S+. The molecule has 3 rings (SSSR count). The van der Waals surface area contributed by atoms with Crippen LogP contribution in [0.2, 0.25) is 0 Å². The topological polar surface area (TPSA) is 88.0 Å². The minimum absolute atomic E-state index is 0.0647. The Labute approximate surface area is 173 Å². The molecule has 0 radical (unpaired) electrons. The van der Waals surface area contributed by atoms with Gasteiger partial charge in [-0.05, 0) is 37.8 Å². The van der Waals surface area contributed by atoms with Crippen LogP contribution in [0.1, 0.15) is 49.9 Å². The van der Waals surface area contributed by atoms with E-state index in [1.807, 2.05) is 0 Å². The van der Waals surface area contributed by atoms with Crippen molar-refractivity contribution in [1.29, 1.82) is 0 Å². The number of sulfonamides is 1. The van der Waals surface area contributed by atoms with Gasteiger partial charge in [0, 0.05) is 11.6 Å². The summed E-state index contributed by atoms with van der Waals surface area (Å²) in [5.74, 6) is 0.501. The van der Waals surface area contributed by atoms with Crippen LogP contribution in [0, 0.1) is 5.92 Å². The van der Waals surface area contributed by atoms with Crippen molar-refractivity contribution in [3.05, 3.63) is 29.8 Å². The first-order valence-electron chi connectivity index (χ1n) is 10.5. The summed E-state index contributed by atoms with van der Waals surface area (Å²) in [6.07, 6.45) is 4.64. The van der Waals surface area contributed by atoms with Crippen molar-refractivity contribution in [1.82, 2.24) is 9.62 Å². The van der Waals surface area contributed by atoms with Crippen molar-refractivity contribution >= 4 is 21.7 Å². The maximum atomic E-state index is 12.8. The molecule has 2 aliphatic rings. The van der Waals surface area contributed by atoms with Gasteiger partial charge < -0.3 is 10.2 Å². The highest BCUT2D eigenvalue weighted by Gasteiger charge is 2.32. The molecule has 1 saturated heterocycles. The van der Waals surface area contributed by atoms with Crippen molar-refractivity contribution in [2.45, 2.75) is 50.5 Å². The number of amides is 1. The summed E-state index contributed by atoms with van der Waals surface area (Å²) in [4.78, 5) is 25.1. The van der Waals surface area contributed by atoms with Gasteiger partial charge in [-0.2, -0.15) is 4.31 Å². The molecule has 1 heterocycles. The molecule has 2 N–H and O–H groups in total. The maximum absolute atomic E-state index is 12.8. The third kappa shape index (κ3) is 5.43. The minimum atomic E-state index is -3.58. The van der Waals surface area contributed by atoms with Crippen LogP contribution in [0.3, 0.4) is 0 Å². The zero-order valence-corrected chi connectivity index (χ0v) is 18.1. The van der Waals surface area contributed by atoms with Gasteiger partial charge in [0.2, 0.25) is 10.0 Å². The molecule has 7 nitrogen and oxygen atoms in total. The van der Waals surface area contributed by atoms with E-state index in [0.29, 0.717) is 44.2 Å². The third-order valence-electron chi connectivity index (χ3n) is 6.20. The zero-order valence-electron chi connectivity index (χ0n) is 17.3. The second kappa shape index (κ2) is 9.36. The molecule has 1 aromatic rings. The molecule has 160 valence electrons. The number of nitrogens with zero attached hydrogens (tertiary/aromatic N) is 1. The number of carbonyl (C=O) groups is 2. The van der Waals surface area contributed by atoms with Crippen molar-refractivity contribution in [2.75, 3.05) is 32.7 Å². The fourth-order valence-corrected chi connectivity index (χ4v) is 5.69. The Morgan fingerprint density at radius 2 is 1.72 bits per heavy atom. The van der Waals surface area contributed by atoms with Crippen LogP contribution in [-0.4, -0.2) is 63.2 Å². The number of quaternary nitrogens is 1. The first-order valence-corrected chi connectivity index (χ1v) is 12.0. The monoisotopic (exact) mass is 422 g/mol. The molecule has 29 heavy (non-hydrogen) atoms. The predicted octanol–water partition coefficient (Wildman–Crippen LogP) is 0.473. The third-order valence-corrected chi connectivity index (χ3v) is 8.11. The lowest BCUT2D eigenvalue weighted by molar-refractivity contribution is -0.895. The summed E-state index contributed by atoms with van der Waals surface area (Å²) in [5.41, 5.74) is 0.497. The Morgan fingerprint density at radius 1 is 1.10 bits per heavy atom. The molecule has 0 spiro atoms. The van der Waals surface area contributed by atoms with E-state index in [4.69, 9.17) is 0 Å². The van der Waals surface area contributed by atoms with Crippen molar-refractivity contribution in [3.63, 3.8) is 0 Å². The second-order valence-corrected chi connectivity index (χ2v) is 10.3. The molecule has 0 unspecified atom stereocenters. The fourth-order valence-electron chi connectivity index (χ4n) is 4.25. The Kier molecular flexibility index (Phi) is 7.08. The van der Waals surface area contributed by atoms with Crippen molar-refractivity contribution in [3.8, 4) is 0 Å². The van der Waals surface area contributed by atoms with Crippen LogP contribution in [0.4, 0.5) is 0 Å². The minimum Gasteiger partial charge on any atom is -0.348 e. The summed E-state index contributed by atoms with van der Waals surface area (Å²) in [6, 6.07) is 6.35. The molecule has 8 heteroatoms. The maximum Gasteiger partial charge on any atom is 0.275 e. The van der Waals surface area contributed by atoms with Gasteiger partial charge in [-0.15, -0.1) is 0 Å². The van der Waals surface area contributed by atoms with Crippen molar-refractivity contribution in [2.24, 2.45) is 5.92 Å². The Bertz CT molecular complexity index is 830. The Morgan fingerprint density at radius 3 is 2.31 bits per heavy atom. The molecule has 1 aliphatic carbocycles. The molecule has 2 atom stereocenters. The zero-order chi connectivity index (χ0) is 21.0. The number of nitrogens with one attached hydrogen (secondary N) is 2. The average molecular weight is 423 g/mol. The number of rotatable bonds is 6. The molecular weight excluding hydrogens is 390 g/mol. The van der Waals surface area contributed by atoms with Crippen LogP contribution >= 0.6 is 0 Å². The lowest BCUT2D eigenvalue weighted by Crippen LogP contribution is -3.15. The number of Topliss-reactive ketones (excluding diaryl/α,β-unsaturated/α-hetero) is 1. The fraction of sp³-hybridized carbons (Fsp3) is 0.619. The predicted molar refractivity (Wildman–Crippen MR) is 110 cm³/mol. The highest BCUT2D eigenvalue weighted by molar-refractivity contribution is 7.89. The van der Waals surface area contributed by atoms with E-state index >= 15 is 0 Å². The molecule has 1 aromatic carbocycles. The van der Waals surface area contributed by atoms with E-state index in [1.165, 1.54) is 42.6 Å². The van der Waals surface area contributed by atoms with E-state index in [9.17, 15) is 18.0 Å². The second-order valence-electron chi connectivity index (χ2n) is 8.35. The van der Waals surface area contributed by atoms with E-state index in [2.05, 4.69) is 12.2 Å². The molecule has 2 fully saturated rings. The molecule has 0 aromatic heterocycles. The van der Waals surface area contributed by atoms with Crippen molar-refractivity contribution < 1.29 is 22.9 Å². The number of carbonyl (C=O) groups excluding carboxylic acids is 2. The van der Waals surface area contributed by atoms with Gasteiger partial charge in [0.1, 0.15) is 0 Å². The molecule has 1 aliphatic heterocycles. The first-order chi connectivity index (χ1) is 13.8. The lowest BCUT2D eigenvalue weighted by Gasteiger charge is -2.33. The Balaban J connectivity index is 1.51. The highest BCUT2D eigenvalue weighted by atomic mass is 32.2. The normalized spacial score (nSPS) is 24.2. The van der Waals surface area contributed by atoms with E-state index in [1.54, 1.807) is 12.1 Å². The van der Waals surface area contributed by atoms with Crippen LogP contribution in [0.15, 0.2) is 29.2 Å². The van der Waals surface area contributed by atoms with E-state index < -0.39 is 10.0 Å². The summed E-state index contributed by atoms with van der Waals surface area (Å²) in [7, 11) is -3.58. The van der Waals surface area contributed by atoms with Gasteiger partial charge in [-0.25, -0.2) is 8.42 Å². The highest BCUT2D eigenvalue weighted by Crippen LogP contribution is 2.23. The smallest absolute Gasteiger partial charge is 0.275 e. The van der Waals surface area contributed by atoms with Gasteiger partial charge in [-0.1, -0.05) is 31.9 Å². The van der Waals surface area contributed by atoms with Crippen LogP contribution in [0.5, 0.6) is 0 Å². The van der Waals surface area contributed by atoms with Crippen LogP contribution in [0.25, 0.3) is 0 Å². The van der Waals surface area contributed by atoms with E-state index in [-0.39, 0.29) is 22.6 Å². The SMILES string of the molecule is CC(=O)c1ccc(S(=O)(=O)N2CC[NH+](CC(=O)N[C@H]3CCCC[C@H]3C)CC2)cc1. The molecule has 0 bridgehead atoms.